The quantitative estimate of drug-likeness (QED) is 0.647. The van der Waals surface area contributed by atoms with Crippen LogP contribution < -0.4 is 5.73 Å². The van der Waals surface area contributed by atoms with Crippen molar-refractivity contribution in [3.8, 4) is 0 Å². The maximum atomic E-state index is 5.99. The van der Waals surface area contributed by atoms with Crippen molar-refractivity contribution in [2.75, 3.05) is 21.1 Å². The fourth-order valence-electron chi connectivity index (χ4n) is 2.12. The molecular weight excluding hydrogens is 236 g/mol. The molecule has 2 N–H and O–H groups in total. The molecular formula is C15H24N4. The van der Waals surface area contributed by atoms with Crippen molar-refractivity contribution in [2.45, 2.75) is 32.0 Å². The molecule has 1 aliphatic carbocycles. The third-order valence-corrected chi connectivity index (χ3v) is 3.37. The van der Waals surface area contributed by atoms with Gasteiger partial charge in [-0.15, -0.1) is 0 Å². The first kappa shape index (κ1) is 13.9. The van der Waals surface area contributed by atoms with Crippen LogP contribution in [0.5, 0.6) is 0 Å². The molecule has 0 heterocycles. The number of nitrogens with zero attached hydrogens (tertiary/aromatic N) is 3. The Bertz CT molecular complexity index is 449. The summed E-state index contributed by atoms with van der Waals surface area (Å²) in [6.45, 7) is 1.61. The number of hydrogen-bond acceptors (Lipinski definition) is 2. The zero-order chi connectivity index (χ0) is 13.8. The number of hydrogen-bond donors (Lipinski definition) is 1. The van der Waals surface area contributed by atoms with Crippen molar-refractivity contribution >= 4 is 5.96 Å². The van der Waals surface area contributed by atoms with Gasteiger partial charge < -0.3 is 15.5 Å². The minimum atomic E-state index is 0.615. The highest BCUT2D eigenvalue weighted by Crippen LogP contribution is 2.24. The fourth-order valence-corrected chi connectivity index (χ4v) is 2.12. The van der Waals surface area contributed by atoms with Gasteiger partial charge in [-0.2, -0.15) is 0 Å². The Balaban J connectivity index is 1.96. The van der Waals surface area contributed by atoms with E-state index in [4.69, 9.17) is 5.73 Å². The molecule has 1 aromatic carbocycles. The third kappa shape index (κ3) is 4.24. The summed E-state index contributed by atoms with van der Waals surface area (Å²) in [6, 6.07) is 9.15. The summed E-state index contributed by atoms with van der Waals surface area (Å²) in [5.74, 6) is 0.653. The summed E-state index contributed by atoms with van der Waals surface area (Å²) in [6.07, 6.45) is 2.48. The van der Waals surface area contributed by atoms with E-state index >= 15 is 0 Å². The molecule has 4 heteroatoms. The van der Waals surface area contributed by atoms with E-state index in [0.29, 0.717) is 18.5 Å². The first-order valence-corrected chi connectivity index (χ1v) is 6.81. The lowest BCUT2D eigenvalue weighted by molar-refractivity contribution is 0.402. The average Bonchev–Trinajstić information content (AvgIpc) is 3.19. The second-order valence-electron chi connectivity index (χ2n) is 5.57. The van der Waals surface area contributed by atoms with Crippen molar-refractivity contribution in [3.63, 3.8) is 0 Å². The summed E-state index contributed by atoms with van der Waals surface area (Å²) in [5.41, 5.74) is 8.52. The SMILES string of the molecule is CN(C)Cc1cccc(CN=C(N)N(C)C2CC2)c1. The van der Waals surface area contributed by atoms with E-state index < -0.39 is 0 Å². The molecule has 4 nitrogen and oxygen atoms in total. The molecule has 0 spiro atoms. The smallest absolute Gasteiger partial charge is 0.191 e. The maximum absolute atomic E-state index is 5.99. The summed E-state index contributed by atoms with van der Waals surface area (Å²) in [7, 11) is 6.18. The van der Waals surface area contributed by atoms with E-state index in [-0.39, 0.29) is 0 Å². The van der Waals surface area contributed by atoms with Crippen LogP contribution in [0.4, 0.5) is 0 Å². The van der Waals surface area contributed by atoms with E-state index in [1.165, 1.54) is 24.0 Å². The first-order valence-electron chi connectivity index (χ1n) is 6.81. The monoisotopic (exact) mass is 260 g/mol. The Hall–Kier alpha value is -1.55. The second-order valence-corrected chi connectivity index (χ2v) is 5.57. The van der Waals surface area contributed by atoms with Gasteiger partial charge in [0.2, 0.25) is 0 Å². The van der Waals surface area contributed by atoms with Crippen LogP contribution in [-0.4, -0.2) is 42.9 Å². The van der Waals surface area contributed by atoms with Crippen LogP contribution >= 0.6 is 0 Å². The Morgan fingerprint density at radius 1 is 1.26 bits per heavy atom. The van der Waals surface area contributed by atoms with Gasteiger partial charge >= 0.3 is 0 Å². The molecule has 1 saturated carbocycles. The molecule has 0 atom stereocenters. The number of aliphatic imine (C=N–C) groups is 1. The van der Waals surface area contributed by atoms with Crippen molar-refractivity contribution in [2.24, 2.45) is 10.7 Å². The zero-order valence-electron chi connectivity index (χ0n) is 12.1. The van der Waals surface area contributed by atoms with Crippen LogP contribution in [0.25, 0.3) is 0 Å². The second kappa shape index (κ2) is 6.06. The third-order valence-electron chi connectivity index (χ3n) is 3.37. The molecule has 1 aromatic rings. The zero-order valence-corrected chi connectivity index (χ0v) is 12.1. The van der Waals surface area contributed by atoms with Crippen molar-refractivity contribution < 1.29 is 0 Å². The Morgan fingerprint density at radius 2 is 1.95 bits per heavy atom. The standard InChI is InChI=1S/C15H24N4/c1-18(2)11-13-6-4-5-12(9-13)10-17-15(16)19(3)14-7-8-14/h4-6,9,14H,7-8,10-11H2,1-3H3,(H2,16,17). The van der Waals surface area contributed by atoms with Crippen LogP contribution in [0.3, 0.4) is 0 Å². The number of guanidine groups is 1. The van der Waals surface area contributed by atoms with Gasteiger partial charge in [0.15, 0.2) is 5.96 Å². The van der Waals surface area contributed by atoms with Crippen LogP contribution in [0, 0.1) is 0 Å². The molecule has 1 fully saturated rings. The lowest BCUT2D eigenvalue weighted by atomic mass is 10.1. The van der Waals surface area contributed by atoms with Gasteiger partial charge in [-0.05, 0) is 38.1 Å². The van der Waals surface area contributed by atoms with Gasteiger partial charge in [0, 0.05) is 19.6 Å². The average molecular weight is 260 g/mol. The number of rotatable bonds is 5. The number of nitrogens with two attached hydrogens (primary N) is 1. The summed E-state index contributed by atoms with van der Waals surface area (Å²) < 4.78 is 0. The van der Waals surface area contributed by atoms with Crippen LogP contribution in [0.15, 0.2) is 29.3 Å². The molecule has 0 unspecified atom stereocenters. The summed E-state index contributed by atoms with van der Waals surface area (Å²) in [4.78, 5) is 8.73. The lowest BCUT2D eigenvalue weighted by Gasteiger charge is -2.17. The van der Waals surface area contributed by atoms with Gasteiger partial charge in [0.05, 0.1) is 6.54 Å². The van der Waals surface area contributed by atoms with E-state index in [2.05, 4.69) is 53.2 Å². The predicted molar refractivity (Wildman–Crippen MR) is 79.9 cm³/mol. The van der Waals surface area contributed by atoms with Gasteiger partial charge in [-0.3, -0.25) is 0 Å². The van der Waals surface area contributed by atoms with Crippen LogP contribution in [-0.2, 0) is 13.1 Å². The van der Waals surface area contributed by atoms with E-state index in [1.54, 1.807) is 0 Å². The van der Waals surface area contributed by atoms with Crippen molar-refractivity contribution in [3.05, 3.63) is 35.4 Å². The maximum Gasteiger partial charge on any atom is 0.191 e. The molecule has 2 rings (SSSR count). The molecule has 0 aromatic heterocycles. The minimum Gasteiger partial charge on any atom is -0.370 e. The summed E-state index contributed by atoms with van der Waals surface area (Å²) in [5, 5.41) is 0. The number of benzene rings is 1. The first-order chi connectivity index (χ1) is 9.06. The van der Waals surface area contributed by atoms with Crippen LogP contribution in [0.2, 0.25) is 0 Å². The molecule has 19 heavy (non-hydrogen) atoms. The van der Waals surface area contributed by atoms with E-state index in [9.17, 15) is 0 Å². The van der Waals surface area contributed by atoms with E-state index in [1.807, 2.05) is 7.05 Å². The molecule has 0 saturated heterocycles. The topological polar surface area (TPSA) is 44.9 Å². The van der Waals surface area contributed by atoms with Crippen LogP contribution in [0.1, 0.15) is 24.0 Å². The molecule has 0 aliphatic heterocycles. The lowest BCUT2D eigenvalue weighted by Crippen LogP contribution is -2.35. The highest BCUT2D eigenvalue weighted by Gasteiger charge is 2.27. The molecule has 104 valence electrons. The highest BCUT2D eigenvalue weighted by atomic mass is 15.3. The molecule has 0 amide bonds. The normalized spacial score (nSPS) is 15.9. The van der Waals surface area contributed by atoms with Crippen molar-refractivity contribution in [1.82, 2.24) is 9.80 Å². The fraction of sp³-hybridized carbons (Fsp3) is 0.533. The molecule has 0 radical (unpaired) electrons. The van der Waals surface area contributed by atoms with Gasteiger partial charge in [-0.1, -0.05) is 24.3 Å². The van der Waals surface area contributed by atoms with Crippen molar-refractivity contribution in [1.29, 1.82) is 0 Å². The largest absolute Gasteiger partial charge is 0.370 e. The van der Waals surface area contributed by atoms with Gasteiger partial charge in [0.25, 0.3) is 0 Å². The van der Waals surface area contributed by atoms with Gasteiger partial charge in [-0.25, -0.2) is 4.99 Å². The Labute approximate surface area is 115 Å². The Morgan fingerprint density at radius 3 is 2.58 bits per heavy atom. The Kier molecular flexibility index (Phi) is 4.43. The van der Waals surface area contributed by atoms with Gasteiger partial charge in [0.1, 0.15) is 0 Å². The predicted octanol–water partition coefficient (Wildman–Crippen LogP) is 1.66. The minimum absolute atomic E-state index is 0.615. The molecule has 0 bridgehead atoms. The molecule has 1 aliphatic rings. The summed E-state index contributed by atoms with van der Waals surface area (Å²) >= 11 is 0. The highest BCUT2D eigenvalue weighted by molar-refractivity contribution is 5.78. The van der Waals surface area contributed by atoms with E-state index in [0.717, 1.165) is 6.54 Å².